The van der Waals surface area contributed by atoms with Crippen molar-refractivity contribution in [3.63, 3.8) is 0 Å². The molecule has 0 radical (unpaired) electrons. The van der Waals surface area contributed by atoms with E-state index in [1.165, 1.54) is 12.1 Å². The van der Waals surface area contributed by atoms with Crippen LogP contribution in [0.2, 0.25) is 0 Å². The van der Waals surface area contributed by atoms with Gasteiger partial charge in [0.1, 0.15) is 11.3 Å². The van der Waals surface area contributed by atoms with Gasteiger partial charge in [0.2, 0.25) is 0 Å². The van der Waals surface area contributed by atoms with Crippen molar-refractivity contribution in [2.75, 3.05) is 13.2 Å². The first-order chi connectivity index (χ1) is 8.10. The molecule has 1 N–H and O–H groups in total. The van der Waals surface area contributed by atoms with Crippen molar-refractivity contribution in [3.8, 4) is 0 Å². The van der Waals surface area contributed by atoms with E-state index in [9.17, 15) is 14.4 Å². The first-order valence-electron chi connectivity index (χ1n) is 5.17. The highest BCUT2D eigenvalue weighted by Crippen LogP contribution is 1.99. The predicted molar refractivity (Wildman–Crippen MR) is 59.0 cm³/mol. The maximum absolute atomic E-state index is 11.5. The number of aromatic amines is 1. The van der Waals surface area contributed by atoms with E-state index in [0.29, 0.717) is 0 Å². The third-order valence-corrected chi connectivity index (χ3v) is 1.90. The van der Waals surface area contributed by atoms with E-state index in [4.69, 9.17) is 4.74 Å². The van der Waals surface area contributed by atoms with E-state index < -0.39 is 17.5 Å². The molecule has 0 spiro atoms. The lowest BCUT2D eigenvalue weighted by molar-refractivity contribution is 0.0504. The van der Waals surface area contributed by atoms with E-state index >= 15 is 0 Å². The van der Waals surface area contributed by atoms with Gasteiger partial charge in [0.25, 0.3) is 5.56 Å². The molecule has 0 bridgehead atoms. The lowest BCUT2D eigenvalue weighted by Crippen LogP contribution is -2.22. The van der Waals surface area contributed by atoms with Gasteiger partial charge in [-0.2, -0.15) is 0 Å². The molecular weight excluding hydrogens is 226 g/mol. The number of pyridine rings is 1. The molecule has 0 aliphatic rings. The zero-order chi connectivity index (χ0) is 12.8. The Morgan fingerprint density at radius 3 is 2.24 bits per heavy atom. The first-order valence-corrected chi connectivity index (χ1v) is 5.17. The topological polar surface area (TPSA) is 85.5 Å². The third-order valence-electron chi connectivity index (χ3n) is 1.90. The van der Waals surface area contributed by atoms with Gasteiger partial charge in [0.05, 0.1) is 13.2 Å². The molecule has 0 aliphatic carbocycles. The zero-order valence-corrected chi connectivity index (χ0v) is 9.61. The summed E-state index contributed by atoms with van der Waals surface area (Å²) in [7, 11) is 0. The van der Waals surface area contributed by atoms with Crippen molar-refractivity contribution in [1.29, 1.82) is 0 Å². The third kappa shape index (κ3) is 3.17. The van der Waals surface area contributed by atoms with Crippen LogP contribution in [0, 0.1) is 0 Å². The van der Waals surface area contributed by atoms with Gasteiger partial charge in [-0.1, -0.05) is 0 Å². The average Bonchev–Trinajstić information content (AvgIpc) is 2.29. The van der Waals surface area contributed by atoms with Gasteiger partial charge < -0.3 is 14.5 Å². The highest BCUT2D eigenvalue weighted by molar-refractivity contribution is 5.91. The quantitative estimate of drug-likeness (QED) is 0.783. The molecule has 0 aromatic carbocycles. The number of hydrogen-bond donors (Lipinski definition) is 1. The molecule has 0 aliphatic heterocycles. The van der Waals surface area contributed by atoms with Crippen molar-refractivity contribution in [2.45, 2.75) is 13.8 Å². The van der Waals surface area contributed by atoms with E-state index in [1.807, 2.05) is 0 Å². The number of carbonyl (C=O) groups excluding carboxylic acids is 2. The summed E-state index contributed by atoms with van der Waals surface area (Å²) in [5.41, 5.74) is -0.807. The number of carbonyl (C=O) groups is 2. The van der Waals surface area contributed by atoms with Crippen LogP contribution in [0.15, 0.2) is 16.9 Å². The zero-order valence-electron chi connectivity index (χ0n) is 9.61. The Morgan fingerprint density at radius 2 is 1.71 bits per heavy atom. The SMILES string of the molecule is CCOC(=O)c1ccc(C(=O)OCC)c(=O)[nH]1. The fraction of sp³-hybridized carbons (Fsp3) is 0.364. The fourth-order valence-corrected chi connectivity index (χ4v) is 1.17. The Bertz CT molecular complexity index is 477. The summed E-state index contributed by atoms with van der Waals surface area (Å²) in [4.78, 5) is 36.4. The molecule has 0 amide bonds. The number of aromatic nitrogens is 1. The maximum Gasteiger partial charge on any atom is 0.354 e. The summed E-state index contributed by atoms with van der Waals surface area (Å²) in [6.45, 7) is 3.68. The van der Waals surface area contributed by atoms with Crippen LogP contribution in [0.25, 0.3) is 0 Å². The second-order valence-corrected chi connectivity index (χ2v) is 3.06. The molecule has 92 valence electrons. The molecule has 1 heterocycles. The summed E-state index contributed by atoms with van der Waals surface area (Å²) in [5.74, 6) is -1.36. The smallest absolute Gasteiger partial charge is 0.354 e. The van der Waals surface area contributed by atoms with Crippen molar-refractivity contribution < 1.29 is 19.1 Å². The van der Waals surface area contributed by atoms with E-state index in [2.05, 4.69) is 9.72 Å². The van der Waals surface area contributed by atoms with Crippen molar-refractivity contribution in [2.24, 2.45) is 0 Å². The van der Waals surface area contributed by atoms with Crippen molar-refractivity contribution >= 4 is 11.9 Å². The Hall–Kier alpha value is -2.11. The number of rotatable bonds is 4. The molecule has 1 aromatic rings. The minimum atomic E-state index is -0.718. The number of H-pyrrole nitrogens is 1. The second kappa shape index (κ2) is 5.83. The molecule has 0 atom stereocenters. The monoisotopic (exact) mass is 239 g/mol. The van der Waals surface area contributed by atoms with Crippen LogP contribution in [-0.4, -0.2) is 30.1 Å². The van der Waals surface area contributed by atoms with Crippen LogP contribution in [0.1, 0.15) is 34.7 Å². The minimum Gasteiger partial charge on any atom is -0.462 e. The van der Waals surface area contributed by atoms with Gasteiger partial charge in [0.15, 0.2) is 0 Å². The number of esters is 2. The predicted octanol–water partition coefficient (Wildman–Crippen LogP) is 0.728. The van der Waals surface area contributed by atoms with Crippen LogP contribution in [0.5, 0.6) is 0 Å². The fourth-order valence-electron chi connectivity index (χ4n) is 1.17. The number of ether oxygens (including phenoxy) is 2. The highest BCUT2D eigenvalue weighted by atomic mass is 16.5. The molecule has 17 heavy (non-hydrogen) atoms. The molecule has 1 rings (SSSR count). The second-order valence-electron chi connectivity index (χ2n) is 3.06. The lowest BCUT2D eigenvalue weighted by Gasteiger charge is -2.03. The molecular formula is C11H13NO5. The van der Waals surface area contributed by atoms with E-state index in [0.717, 1.165) is 0 Å². The molecule has 0 unspecified atom stereocenters. The number of hydrogen-bond acceptors (Lipinski definition) is 5. The van der Waals surface area contributed by atoms with Crippen LogP contribution < -0.4 is 5.56 Å². The van der Waals surface area contributed by atoms with Gasteiger partial charge in [-0.15, -0.1) is 0 Å². The summed E-state index contributed by atoms with van der Waals surface area (Å²) in [6, 6.07) is 2.55. The standard InChI is InChI=1S/C11H13NO5/c1-3-16-10(14)7-5-6-8(12-9(7)13)11(15)17-4-2/h5-6H,3-4H2,1-2H3,(H,12,13). The highest BCUT2D eigenvalue weighted by Gasteiger charge is 2.14. The van der Waals surface area contributed by atoms with Crippen LogP contribution >= 0.6 is 0 Å². The van der Waals surface area contributed by atoms with Gasteiger partial charge in [-0.25, -0.2) is 9.59 Å². The maximum atomic E-state index is 11.5. The first kappa shape index (κ1) is 13.0. The molecule has 0 saturated carbocycles. The number of nitrogens with one attached hydrogen (secondary N) is 1. The molecule has 1 aromatic heterocycles. The molecule has 6 heteroatoms. The average molecular weight is 239 g/mol. The molecule has 6 nitrogen and oxygen atoms in total. The van der Waals surface area contributed by atoms with Crippen molar-refractivity contribution in [3.05, 3.63) is 33.7 Å². The van der Waals surface area contributed by atoms with Gasteiger partial charge >= 0.3 is 11.9 Å². The summed E-state index contributed by atoms with van der Waals surface area (Å²) >= 11 is 0. The Balaban J connectivity index is 2.98. The lowest BCUT2D eigenvalue weighted by atomic mass is 10.2. The van der Waals surface area contributed by atoms with Gasteiger partial charge in [-0.3, -0.25) is 4.79 Å². The van der Waals surface area contributed by atoms with Crippen LogP contribution in [0.3, 0.4) is 0 Å². The van der Waals surface area contributed by atoms with Crippen molar-refractivity contribution in [1.82, 2.24) is 4.98 Å². The van der Waals surface area contributed by atoms with E-state index in [1.54, 1.807) is 13.8 Å². The van der Waals surface area contributed by atoms with Crippen LogP contribution in [0.4, 0.5) is 0 Å². The largest absolute Gasteiger partial charge is 0.462 e. The molecule has 0 saturated heterocycles. The summed E-state index contributed by atoms with van der Waals surface area (Å²) in [5, 5.41) is 0. The minimum absolute atomic E-state index is 0.00454. The Morgan fingerprint density at radius 1 is 1.12 bits per heavy atom. The summed E-state index contributed by atoms with van der Waals surface area (Å²) in [6.07, 6.45) is 0. The normalized spacial score (nSPS) is 9.76. The molecule has 0 fully saturated rings. The van der Waals surface area contributed by atoms with Gasteiger partial charge in [-0.05, 0) is 26.0 Å². The Labute approximate surface area is 97.6 Å². The van der Waals surface area contributed by atoms with E-state index in [-0.39, 0.29) is 24.5 Å². The van der Waals surface area contributed by atoms with Crippen LogP contribution in [-0.2, 0) is 9.47 Å². The Kier molecular flexibility index (Phi) is 4.45. The summed E-state index contributed by atoms with van der Waals surface area (Å²) < 4.78 is 9.39. The van der Waals surface area contributed by atoms with Gasteiger partial charge in [0, 0.05) is 0 Å².